The van der Waals surface area contributed by atoms with E-state index < -0.39 is 281 Å². The molecule has 0 atom stereocenters. The summed E-state index contributed by atoms with van der Waals surface area (Å²) in [4.78, 5) is 72.7. The van der Waals surface area contributed by atoms with Crippen molar-refractivity contribution in [2.24, 2.45) is 0 Å². The first-order chi connectivity index (χ1) is 55.8. The van der Waals surface area contributed by atoms with Crippen LogP contribution in [0.25, 0.3) is 0 Å². The van der Waals surface area contributed by atoms with Crippen LogP contribution >= 0.6 is 0 Å². The normalized spacial score (nSPS) is 10.4. The largest absolute Gasteiger partial charge is 0.508 e. The summed E-state index contributed by atoms with van der Waals surface area (Å²) in [6.45, 7) is 0. The average molecular weight is 1670 g/mol. The zero-order valence-electron chi connectivity index (χ0n) is 59.4. The van der Waals surface area contributed by atoms with Gasteiger partial charge in [0.1, 0.15) is 57.5 Å². The van der Waals surface area contributed by atoms with Crippen molar-refractivity contribution in [2.75, 3.05) is 0 Å². The summed E-state index contributed by atoms with van der Waals surface area (Å²) in [5.41, 5.74) is -4.79. The highest BCUT2D eigenvalue weighted by Gasteiger charge is 2.29. The lowest BCUT2D eigenvalue weighted by Gasteiger charge is -2.09. The fourth-order valence-electron chi connectivity index (χ4n) is 9.99. The van der Waals surface area contributed by atoms with E-state index in [0.29, 0.717) is 0 Å². The minimum absolute atomic E-state index is 0.224. The maximum absolute atomic E-state index is 12.1. The third-order valence-electron chi connectivity index (χ3n) is 15.9. The molecule has 120 heavy (non-hydrogen) atoms. The summed E-state index contributed by atoms with van der Waals surface area (Å²) >= 11 is 0. The Balaban J connectivity index is 0.000000198. The van der Waals surface area contributed by atoms with E-state index in [2.05, 4.69) is 0 Å². The number of benzene rings is 12. The maximum Gasteiger partial charge on any atom is 0.201 e. The first-order valence-electron chi connectivity index (χ1n) is 32.1. The van der Waals surface area contributed by atoms with Crippen LogP contribution in [0, 0.1) is 0 Å². The van der Waals surface area contributed by atoms with Gasteiger partial charge in [0.05, 0.1) is 55.6 Å². The quantitative estimate of drug-likeness (QED) is 0.0335. The monoisotopic (exact) mass is 1670 g/mol. The third-order valence-corrected chi connectivity index (χ3v) is 15.9. The summed E-state index contributed by atoms with van der Waals surface area (Å²) in [6, 6.07) is 20.0. The molecule has 12 aromatic carbocycles. The fourth-order valence-corrected chi connectivity index (χ4v) is 9.99. The summed E-state index contributed by atoms with van der Waals surface area (Å²) in [5, 5.41) is 337. The molecule has 0 aliphatic carbocycles. The summed E-state index contributed by atoms with van der Waals surface area (Å²) < 4.78 is 0. The van der Waals surface area contributed by atoms with Crippen molar-refractivity contribution in [3.8, 4) is 207 Å². The minimum atomic E-state index is -1.00. The van der Waals surface area contributed by atoms with Gasteiger partial charge in [0.15, 0.2) is 161 Å². The molecule has 0 amide bonds. The number of ketones is 6. The molecule has 0 saturated carbocycles. The molecule has 624 valence electrons. The number of phenols is 36. The molecular weight excluding hydrogens is 1610 g/mol. The van der Waals surface area contributed by atoms with Gasteiger partial charge < -0.3 is 184 Å². The van der Waals surface area contributed by atoms with Crippen molar-refractivity contribution < 1.29 is 213 Å². The van der Waals surface area contributed by atoms with E-state index in [1.54, 1.807) is 0 Å². The van der Waals surface area contributed by atoms with Crippen LogP contribution in [0.3, 0.4) is 0 Å². The number of hydrogen-bond acceptors (Lipinski definition) is 42. The van der Waals surface area contributed by atoms with Crippen molar-refractivity contribution in [1.82, 2.24) is 0 Å². The molecule has 0 unspecified atom stereocenters. The smallest absolute Gasteiger partial charge is 0.201 e. The zero-order chi connectivity index (χ0) is 90.1. The lowest BCUT2D eigenvalue weighted by atomic mass is 10.00. The second kappa shape index (κ2) is 35.4. The topological polar surface area (TPSA) is 831 Å². The molecular formula is C78H60O42. The molecule has 0 aromatic heterocycles. The predicted molar refractivity (Wildman–Crippen MR) is 398 cm³/mol. The molecule has 0 spiro atoms. The Morgan fingerprint density at radius 2 is 0.250 bits per heavy atom. The Kier molecular flexibility index (Phi) is 26.2. The number of carbonyl (C=O) groups excluding carboxylic acids is 6. The van der Waals surface area contributed by atoms with Crippen LogP contribution in [0.5, 0.6) is 207 Å². The van der Waals surface area contributed by atoms with Crippen molar-refractivity contribution in [3.63, 3.8) is 0 Å². The molecule has 0 saturated heterocycles. The molecule has 12 aromatic rings. The van der Waals surface area contributed by atoms with Crippen LogP contribution in [-0.4, -0.2) is 219 Å². The molecule has 0 aliphatic heterocycles. The SMILES string of the molecule is O=C(c1cc(O)c(O)c(O)c1)c1cc(O)c(O)cc1O.O=C(c1cc(O)c(O)c(O)c1)c1cc(O)cc(O)c1O.O=C(c1cc(O)c(O)cc1O)c1cc(O)c(O)cc1O.O=C(c1cc(O)c(O)cc1O)c1cc(O)cc(O)c1O.O=C(c1cc(O)c(O)cc1O)c1cc(O)cc(O)c1O.O=C(c1cc(O)cc(O)c1O)c1cc(O)cc(O)c1O. The standard InChI is InChI=1S/6C13H10O7/c14-7-3-11(18)9(16)1-5(7)13(20)6-2-10(17)12(19)4-8(6)15;14-5-1-7(12(19)9(16)3-5)11(18)8-2-6(15)4-10(17)13(8)20;14-7-4-9(16)8(15)3-6(7)12(19)5-1-10(17)13(20)11(18)2-5;2*14-5-1-7(13(20)11(18)2-5)12(19)6-3-9(16)10(17)4-8(6)15;14-6-3-7(12(19)10(17)4-6)11(18)5-1-8(15)13(20)9(16)2-5/h1-4,14-19H;1-4,14-17,19-20H;3*1-4,14-18,20H;1-4,14-17,19-20H. The Hall–Kier alpha value is -18.5. The first-order valence-corrected chi connectivity index (χ1v) is 32.1. The molecule has 0 aliphatic rings. The Morgan fingerprint density at radius 1 is 0.117 bits per heavy atom. The Morgan fingerprint density at radius 3 is 0.442 bits per heavy atom. The van der Waals surface area contributed by atoms with Gasteiger partial charge in [0.2, 0.25) is 23.1 Å². The van der Waals surface area contributed by atoms with E-state index in [0.717, 1.165) is 146 Å². The minimum Gasteiger partial charge on any atom is -0.508 e. The van der Waals surface area contributed by atoms with Crippen molar-refractivity contribution in [3.05, 3.63) is 212 Å². The van der Waals surface area contributed by atoms with Crippen molar-refractivity contribution >= 4 is 34.7 Å². The average Bonchev–Trinajstić information content (AvgIpc) is 0.788. The van der Waals surface area contributed by atoms with Gasteiger partial charge in [-0.3, -0.25) is 28.8 Å². The fraction of sp³-hybridized carbons (Fsp3) is 0. The second-order valence-corrected chi connectivity index (χ2v) is 24.3. The van der Waals surface area contributed by atoms with Gasteiger partial charge in [-0.05, 0) is 84.9 Å². The van der Waals surface area contributed by atoms with Crippen LogP contribution in [0.15, 0.2) is 146 Å². The predicted octanol–water partition coefficient (Wildman–Crippen LogP) is 6.91. The Bertz CT molecular complexity index is 5860. The second-order valence-electron chi connectivity index (χ2n) is 24.3. The molecule has 12 rings (SSSR count). The highest BCUT2D eigenvalue weighted by molar-refractivity contribution is 6.16. The van der Waals surface area contributed by atoms with Gasteiger partial charge in [-0.2, -0.15) is 0 Å². The number of carbonyl (C=O) groups is 6. The van der Waals surface area contributed by atoms with Crippen molar-refractivity contribution in [2.45, 2.75) is 0 Å². The lowest BCUT2D eigenvalue weighted by Crippen LogP contribution is -2.02. The first kappa shape index (κ1) is 88.7. The zero-order valence-corrected chi connectivity index (χ0v) is 59.4. The maximum atomic E-state index is 12.1. The van der Waals surface area contributed by atoms with E-state index in [1.807, 2.05) is 0 Å². The van der Waals surface area contributed by atoms with Gasteiger partial charge in [0, 0.05) is 71.8 Å². The lowest BCUT2D eigenvalue weighted by molar-refractivity contribution is 0.102. The number of aromatic hydroxyl groups is 36. The molecule has 0 heterocycles. The summed E-state index contributed by atoms with van der Waals surface area (Å²) in [7, 11) is 0. The van der Waals surface area contributed by atoms with E-state index in [9.17, 15) is 187 Å². The summed E-state index contributed by atoms with van der Waals surface area (Å²) in [5.74, 6) is -29.1. The van der Waals surface area contributed by atoms with E-state index in [-0.39, 0.29) is 27.8 Å². The van der Waals surface area contributed by atoms with Crippen LogP contribution in [0.4, 0.5) is 0 Å². The Labute approximate surface area is 664 Å². The third kappa shape index (κ3) is 19.7. The van der Waals surface area contributed by atoms with Crippen LogP contribution in [0.1, 0.15) is 95.5 Å². The van der Waals surface area contributed by atoms with E-state index >= 15 is 0 Å². The molecule has 36 N–H and O–H groups in total. The van der Waals surface area contributed by atoms with Gasteiger partial charge in [-0.25, -0.2) is 0 Å². The molecule has 42 nitrogen and oxygen atoms in total. The van der Waals surface area contributed by atoms with E-state index in [1.165, 1.54) is 0 Å². The van der Waals surface area contributed by atoms with Gasteiger partial charge in [-0.15, -0.1) is 0 Å². The molecule has 0 fully saturated rings. The summed E-state index contributed by atoms with van der Waals surface area (Å²) in [6.07, 6.45) is 0. The molecule has 0 bridgehead atoms. The highest BCUT2D eigenvalue weighted by atomic mass is 16.4. The molecule has 42 heteroatoms. The van der Waals surface area contributed by atoms with Crippen LogP contribution < -0.4 is 0 Å². The highest BCUT2D eigenvalue weighted by Crippen LogP contribution is 2.46. The van der Waals surface area contributed by atoms with E-state index in [4.69, 9.17) is 25.5 Å². The van der Waals surface area contributed by atoms with Crippen molar-refractivity contribution in [1.29, 1.82) is 0 Å². The number of phenolic OH excluding ortho intramolecular Hbond substituents is 36. The number of hydrogen-bond donors (Lipinski definition) is 36. The van der Waals surface area contributed by atoms with Crippen LogP contribution in [0.2, 0.25) is 0 Å². The van der Waals surface area contributed by atoms with Gasteiger partial charge >= 0.3 is 0 Å². The molecule has 0 radical (unpaired) electrons. The van der Waals surface area contributed by atoms with Gasteiger partial charge in [-0.1, -0.05) is 0 Å². The van der Waals surface area contributed by atoms with Gasteiger partial charge in [0.25, 0.3) is 0 Å². The van der Waals surface area contributed by atoms with Crippen LogP contribution in [-0.2, 0) is 0 Å². The number of rotatable bonds is 12.